The molecule has 4 nitrogen and oxygen atoms in total. The minimum absolute atomic E-state index is 0.117. The van der Waals surface area contributed by atoms with Crippen LogP contribution in [0.1, 0.15) is 16.8 Å². The van der Waals surface area contributed by atoms with Crippen molar-refractivity contribution in [3.63, 3.8) is 0 Å². The van der Waals surface area contributed by atoms with Crippen LogP contribution in [0.5, 0.6) is 5.75 Å². The van der Waals surface area contributed by atoms with Crippen LogP contribution in [0.15, 0.2) is 36.9 Å². The largest absolute Gasteiger partial charge is 0.496 e. The molecule has 1 aromatic rings. The van der Waals surface area contributed by atoms with Crippen LogP contribution in [-0.4, -0.2) is 36.0 Å². The zero-order valence-corrected chi connectivity index (χ0v) is 11.8. The Balaban J connectivity index is 2.91. The molecule has 5 heteroatoms. The summed E-state index contributed by atoms with van der Waals surface area (Å²) in [5.41, 5.74) is 6.00. The molecule has 0 radical (unpaired) electrons. The van der Waals surface area contributed by atoms with Gasteiger partial charge in [-0.3, -0.25) is 4.79 Å². The number of rotatable bonds is 7. The van der Waals surface area contributed by atoms with E-state index in [0.717, 1.165) is 0 Å². The summed E-state index contributed by atoms with van der Waals surface area (Å²) in [5.74, 6) is 0.436. The summed E-state index contributed by atoms with van der Waals surface area (Å²) >= 11 is 4.84. The quantitative estimate of drug-likeness (QED) is 0.612. The SMILES string of the molecule is C=CCN(CCC(N)=S)C(=O)c1ccccc1OC. The second-order valence-corrected chi connectivity index (χ2v) is 4.48. The standard InChI is InChI=1S/C14H18N2O2S/c1-3-9-16(10-8-13(15)19)14(17)11-6-4-5-7-12(11)18-2/h3-7H,1,8-10H2,2H3,(H2,15,19). The highest BCUT2D eigenvalue weighted by molar-refractivity contribution is 7.80. The van der Waals surface area contributed by atoms with E-state index < -0.39 is 0 Å². The van der Waals surface area contributed by atoms with Crippen molar-refractivity contribution in [2.45, 2.75) is 6.42 Å². The molecular weight excluding hydrogens is 260 g/mol. The predicted molar refractivity (Wildman–Crippen MR) is 80.5 cm³/mol. The number of hydrogen-bond acceptors (Lipinski definition) is 3. The number of thiocarbonyl (C=S) groups is 1. The Morgan fingerprint density at radius 3 is 2.79 bits per heavy atom. The number of nitrogens with two attached hydrogens (primary N) is 1. The van der Waals surface area contributed by atoms with Gasteiger partial charge in [-0.05, 0) is 12.1 Å². The van der Waals surface area contributed by atoms with E-state index in [1.54, 1.807) is 36.3 Å². The Morgan fingerprint density at radius 2 is 2.21 bits per heavy atom. The molecule has 0 saturated carbocycles. The molecule has 0 unspecified atom stereocenters. The lowest BCUT2D eigenvalue weighted by Gasteiger charge is -2.21. The third-order valence-corrected chi connectivity index (χ3v) is 2.81. The third-order valence-electron chi connectivity index (χ3n) is 2.60. The first-order valence-corrected chi connectivity index (χ1v) is 6.32. The molecule has 0 heterocycles. The van der Waals surface area contributed by atoms with Gasteiger partial charge in [0, 0.05) is 19.5 Å². The highest BCUT2D eigenvalue weighted by Crippen LogP contribution is 2.19. The van der Waals surface area contributed by atoms with Crippen molar-refractivity contribution in [3.8, 4) is 5.75 Å². The highest BCUT2D eigenvalue weighted by Gasteiger charge is 2.18. The first-order valence-electron chi connectivity index (χ1n) is 5.91. The van der Waals surface area contributed by atoms with E-state index >= 15 is 0 Å². The fourth-order valence-corrected chi connectivity index (χ4v) is 1.76. The van der Waals surface area contributed by atoms with Gasteiger partial charge in [-0.25, -0.2) is 0 Å². The normalized spacial score (nSPS) is 9.74. The molecule has 0 saturated heterocycles. The maximum atomic E-state index is 12.4. The average molecular weight is 278 g/mol. The Morgan fingerprint density at radius 1 is 1.53 bits per heavy atom. The summed E-state index contributed by atoms with van der Waals surface area (Å²) in [6.45, 7) is 4.57. The number of carbonyl (C=O) groups is 1. The predicted octanol–water partition coefficient (Wildman–Crippen LogP) is 2.00. The molecule has 1 rings (SSSR count). The molecule has 2 N–H and O–H groups in total. The lowest BCUT2D eigenvalue weighted by atomic mass is 10.1. The second-order valence-electron chi connectivity index (χ2n) is 3.96. The summed E-state index contributed by atoms with van der Waals surface area (Å²) in [4.78, 5) is 14.5. The number of carbonyl (C=O) groups excluding carboxylic acids is 1. The first-order chi connectivity index (χ1) is 9.10. The van der Waals surface area contributed by atoms with Crippen molar-refractivity contribution in [3.05, 3.63) is 42.5 Å². The molecule has 1 amide bonds. The van der Waals surface area contributed by atoms with Gasteiger partial charge in [0.1, 0.15) is 5.75 Å². The van der Waals surface area contributed by atoms with Gasteiger partial charge in [-0.15, -0.1) is 6.58 Å². The topological polar surface area (TPSA) is 55.6 Å². The summed E-state index contributed by atoms with van der Waals surface area (Å²) in [6, 6.07) is 7.11. The minimum atomic E-state index is -0.117. The minimum Gasteiger partial charge on any atom is -0.496 e. The van der Waals surface area contributed by atoms with Gasteiger partial charge in [0.05, 0.1) is 17.7 Å². The van der Waals surface area contributed by atoms with E-state index in [1.807, 2.05) is 6.07 Å². The molecule has 0 spiro atoms. The van der Waals surface area contributed by atoms with Crippen molar-refractivity contribution < 1.29 is 9.53 Å². The maximum absolute atomic E-state index is 12.4. The Hall–Kier alpha value is -1.88. The molecule has 0 aliphatic rings. The molecule has 19 heavy (non-hydrogen) atoms. The summed E-state index contributed by atoms with van der Waals surface area (Å²) < 4.78 is 5.20. The Bertz CT molecular complexity index is 474. The van der Waals surface area contributed by atoms with Crippen molar-refractivity contribution >= 4 is 23.1 Å². The highest BCUT2D eigenvalue weighted by atomic mass is 32.1. The number of amides is 1. The molecule has 0 atom stereocenters. The van der Waals surface area contributed by atoms with Crippen molar-refractivity contribution in [1.29, 1.82) is 0 Å². The van der Waals surface area contributed by atoms with Gasteiger partial charge >= 0.3 is 0 Å². The fourth-order valence-electron chi connectivity index (χ4n) is 1.67. The molecular formula is C14H18N2O2S. The van der Waals surface area contributed by atoms with E-state index in [1.165, 1.54) is 0 Å². The van der Waals surface area contributed by atoms with Gasteiger partial charge in [0.25, 0.3) is 5.91 Å². The smallest absolute Gasteiger partial charge is 0.257 e. The van der Waals surface area contributed by atoms with Gasteiger partial charge in [-0.2, -0.15) is 0 Å². The van der Waals surface area contributed by atoms with E-state index in [4.69, 9.17) is 22.7 Å². The van der Waals surface area contributed by atoms with E-state index in [-0.39, 0.29) is 5.91 Å². The molecule has 0 aliphatic heterocycles. The Labute approximate surface area is 118 Å². The van der Waals surface area contributed by atoms with Crippen molar-refractivity contribution in [2.75, 3.05) is 20.2 Å². The van der Waals surface area contributed by atoms with Crippen LogP contribution in [0, 0.1) is 0 Å². The number of hydrogen-bond donors (Lipinski definition) is 1. The number of benzene rings is 1. The summed E-state index contributed by atoms with van der Waals surface area (Å²) in [7, 11) is 1.54. The van der Waals surface area contributed by atoms with Crippen LogP contribution >= 0.6 is 12.2 Å². The number of ether oxygens (including phenoxy) is 1. The molecule has 0 aliphatic carbocycles. The fraction of sp³-hybridized carbons (Fsp3) is 0.286. The van der Waals surface area contributed by atoms with Gasteiger partial charge in [0.2, 0.25) is 0 Å². The van der Waals surface area contributed by atoms with Crippen molar-refractivity contribution in [2.24, 2.45) is 5.73 Å². The number of methoxy groups -OCH3 is 1. The van der Waals surface area contributed by atoms with Crippen LogP contribution in [-0.2, 0) is 0 Å². The van der Waals surface area contributed by atoms with Crippen LogP contribution in [0.4, 0.5) is 0 Å². The first kappa shape index (κ1) is 15.2. The number of nitrogens with zero attached hydrogens (tertiary/aromatic N) is 1. The lowest BCUT2D eigenvalue weighted by Crippen LogP contribution is -2.34. The van der Waals surface area contributed by atoms with Crippen molar-refractivity contribution in [1.82, 2.24) is 4.90 Å². The van der Waals surface area contributed by atoms with E-state index in [2.05, 4.69) is 6.58 Å². The van der Waals surface area contributed by atoms with Gasteiger partial charge in [0.15, 0.2) is 0 Å². The molecule has 1 aromatic carbocycles. The monoisotopic (exact) mass is 278 g/mol. The van der Waals surface area contributed by atoms with E-state index in [0.29, 0.717) is 35.8 Å². The maximum Gasteiger partial charge on any atom is 0.257 e. The molecule has 0 aromatic heterocycles. The van der Waals surface area contributed by atoms with Gasteiger partial charge < -0.3 is 15.4 Å². The van der Waals surface area contributed by atoms with Crippen LogP contribution < -0.4 is 10.5 Å². The number of para-hydroxylation sites is 1. The van der Waals surface area contributed by atoms with Gasteiger partial charge in [-0.1, -0.05) is 30.4 Å². The Kier molecular flexibility index (Phi) is 6.02. The average Bonchev–Trinajstić information content (AvgIpc) is 2.42. The van der Waals surface area contributed by atoms with E-state index in [9.17, 15) is 4.79 Å². The molecule has 0 bridgehead atoms. The van der Waals surface area contributed by atoms with Crippen LogP contribution in [0.2, 0.25) is 0 Å². The summed E-state index contributed by atoms with van der Waals surface area (Å²) in [6.07, 6.45) is 2.16. The molecule has 102 valence electrons. The molecule has 0 fully saturated rings. The van der Waals surface area contributed by atoms with Crippen LogP contribution in [0.25, 0.3) is 0 Å². The van der Waals surface area contributed by atoms with Crippen LogP contribution in [0.3, 0.4) is 0 Å². The zero-order valence-electron chi connectivity index (χ0n) is 11.0. The second kappa shape index (κ2) is 7.53. The zero-order chi connectivity index (χ0) is 14.3. The lowest BCUT2D eigenvalue weighted by molar-refractivity contribution is 0.0775. The third kappa shape index (κ3) is 4.37. The summed E-state index contributed by atoms with van der Waals surface area (Å²) in [5, 5.41) is 0.